The molecule has 1 aromatic heterocycles. The maximum Gasteiger partial charge on any atom is 0.407 e. The van der Waals surface area contributed by atoms with E-state index in [4.69, 9.17) is 4.74 Å². The largest absolute Gasteiger partial charge is 0.444 e. The highest BCUT2D eigenvalue weighted by atomic mass is 19.1. The van der Waals surface area contributed by atoms with Crippen LogP contribution in [0.1, 0.15) is 61.2 Å². The van der Waals surface area contributed by atoms with Crippen molar-refractivity contribution in [1.29, 1.82) is 0 Å². The van der Waals surface area contributed by atoms with Crippen LogP contribution < -0.4 is 10.2 Å². The van der Waals surface area contributed by atoms with E-state index < -0.39 is 11.7 Å². The zero-order valence-corrected chi connectivity index (χ0v) is 21.9. The Bertz CT molecular complexity index is 1100. The molecule has 0 saturated carbocycles. The summed E-state index contributed by atoms with van der Waals surface area (Å²) in [4.78, 5) is 33.8. The van der Waals surface area contributed by atoms with Crippen molar-refractivity contribution in [3.05, 3.63) is 65.1 Å². The van der Waals surface area contributed by atoms with Crippen LogP contribution in [0.15, 0.2) is 37.0 Å². The molecule has 0 bridgehead atoms. The van der Waals surface area contributed by atoms with Gasteiger partial charge in [-0.05, 0) is 82.3 Å². The van der Waals surface area contributed by atoms with Crippen molar-refractivity contribution >= 4 is 23.9 Å². The summed E-state index contributed by atoms with van der Waals surface area (Å²) in [5.74, 6) is 0.317. The van der Waals surface area contributed by atoms with Crippen molar-refractivity contribution in [2.45, 2.75) is 59.1 Å². The lowest BCUT2D eigenvalue weighted by Gasteiger charge is -2.40. The van der Waals surface area contributed by atoms with E-state index in [2.05, 4.69) is 21.8 Å². The van der Waals surface area contributed by atoms with Gasteiger partial charge < -0.3 is 19.9 Å². The van der Waals surface area contributed by atoms with Gasteiger partial charge >= 0.3 is 6.09 Å². The van der Waals surface area contributed by atoms with Gasteiger partial charge in [-0.1, -0.05) is 18.7 Å². The molecule has 2 heterocycles. The molecule has 1 aliphatic heterocycles. The molecule has 1 aromatic carbocycles. The fraction of sp³-hybridized carbons (Fsp3) is 0.464. The number of halogens is 1. The zero-order valence-electron chi connectivity index (χ0n) is 21.9. The Morgan fingerprint density at radius 3 is 2.64 bits per heavy atom. The van der Waals surface area contributed by atoms with Crippen molar-refractivity contribution in [2.75, 3.05) is 31.1 Å². The second-order valence-electron chi connectivity index (χ2n) is 10.2. The SMILES string of the molecule is C=Cc1cc(C(=O)N2CCN(c3ccc(F)cn3)C[C@@H]2C)c(CCCNC(=O)OC(C)(C)C)cc1C. The number of benzene rings is 1. The number of amides is 2. The molecule has 1 fully saturated rings. The number of aryl methyl sites for hydroxylation is 2. The van der Waals surface area contributed by atoms with Crippen LogP contribution in [0.25, 0.3) is 6.08 Å². The zero-order chi connectivity index (χ0) is 26.5. The Labute approximate surface area is 213 Å². The number of pyridine rings is 1. The van der Waals surface area contributed by atoms with Gasteiger partial charge in [-0.3, -0.25) is 4.79 Å². The minimum Gasteiger partial charge on any atom is -0.444 e. The van der Waals surface area contributed by atoms with E-state index in [0.717, 1.165) is 16.7 Å². The number of hydrogen-bond donors (Lipinski definition) is 1. The van der Waals surface area contributed by atoms with Gasteiger partial charge in [0.2, 0.25) is 0 Å². The van der Waals surface area contributed by atoms with Crippen LogP contribution in [0, 0.1) is 12.7 Å². The first-order valence-corrected chi connectivity index (χ1v) is 12.4. The number of nitrogens with one attached hydrogen (secondary N) is 1. The lowest BCUT2D eigenvalue weighted by molar-refractivity contribution is 0.0526. The van der Waals surface area contributed by atoms with Crippen molar-refractivity contribution in [3.63, 3.8) is 0 Å². The number of carbonyl (C=O) groups is 2. The van der Waals surface area contributed by atoms with Crippen LogP contribution in [0.3, 0.4) is 0 Å². The minimum atomic E-state index is -0.547. The molecule has 0 spiro atoms. The number of piperazine rings is 1. The highest BCUT2D eigenvalue weighted by molar-refractivity contribution is 5.97. The fourth-order valence-electron chi connectivity index (χ4n) is 4.37. The highest BCUT2D eigenvalue weighted by Gasteiger charge is 2.30. The van der Waals surface area contributed by atoms with Crippen molar-refractivity contribution in [1.82, 2.24) is 15.2 Å². The number of ether oxygens (including phenoxy) is 1. The van der Waals surface area contributed by atoms with Gasteiger partial charge in [0.05, 0.1) is 6.20 Å². The average Bonchev–Trinajstić information content (AvgIpc) is 2.81. The first kappa shape index (κ1) is 27.2. The third-order valence-electron chi connectivity index (χ3n) is 6.16. The van der Waals surface area contributed by atoms with Crippen LogP contribution in [0.5, 0.6) is 0 Å². The molecular formula is C28H37FN4O3. The molecule has 194 valence electrons. The topological polar surface area (TPSA) is 74.8 Å². The second kappa shape index (κ2) is 11.5. The smallest absolute Gasteiger partial charge is 0.407 e. The number of anilines is 1. The molecule has 7 nitrogen and oxygen atoms in total. The molecule has 2 aromatic rings. The molecule has 8 heteroatoms. The molecule has 36 heavy (non-hydrogen) atoms. The monoisotopic (exact) mass is 496 g/mol. The number of alkyl carbamates (subject to hydrolysis) is 1. The standard InChI is InChI=1S/C28H37FN4O3/c1-7-21-16-24(22(15-19(21)2)9-8-12-30-27(35)36-28(4,5)6)26(34)33-14-13-32(18-20(33)3)25-11-10-23(29)17-31-25/h7,10-11,15-17,20H,1,8-9,12-14,18H2,2-6H3,(H,30,35)/t20-/m0/s1. The Kier molecular flexibility index (Phi) is 8.71. The van der Waals surface area contributed by atoms with Gasteiger partial charge in [0, 0.05) is 37.8 Å². The van der Waals surface area contributed by atoms with Gasteiger partial charge in [0.25, 0.3) is 5.91 Å². The molecule has 2 amide bonds. The van der Waals surface area contributed by atoms with Crippen molar-refractivity contribution in [3.8, 4) is 0 Å². The maximum atomic E-state index is 13.7. The third-order valence-corrected chi connectivity index (χ3v) is 6.16. The summed E-state index contributed by atoms with van der Waals surface area (Å²) >= 11 is 0. The molecule has 1 N–H and O–H groups in total. The number of aromatic nitrogens is 1. The lowest BCUT2D eigenvalue weighted by atomic mass is 9.94. The lowest BCUT2D eigenvalue weighted by Crippen LogP contribution is -2.54. The quantitative estimate of drug-likeness (QED) is 0.547. The fourth-order valence-corrected chi connectivity index (χ4v) is 4.37. The summed E-state index contributed by atoms with van der Waals surface area (Å²) in [6, 6.07) is 6.98. The van der Waals surface area contributed by atoms with Crippen LogP contribution in [-0.4, -0.2) is 59.7 Å². The number of carbonyl (C=O) groups excluding carboxylic acids is 2. The van der Waals surface area contributed by atoms with E-state index in [1.807, 2.05) is 51.7 Å². The van der Waals surface area contributed by atoms with Gasteiger partial charge in [-0.25, -0.2) is 14.2 Å². The van der Waals surface area contributed by atoms with E-state index in [1.54, 1.807) is 12.1 Å². The minimum absolute atomic E-state index is 0.0209. The Balaban J connectivity index is 1.70. The van der Waals surface area contributed by atoms with Gasteiger partial charge in [-0.15, -0.1) is 0 Å². The highest BCUT2D eigenvalue weighted by Crippen LogP contribution is 2.24. The first-order valence-electron chi connectivity index (χ1n) is 12.4. The van der Waals surface area contributed by atoms with Crippen LogP contribution in [-0.2, 0) is 11.2 Å². The molecule has 0 radical (unpaired) electrons. The summed E-state index contributed by atoms with van der Waals surface area (Å²) in [6.07, 6.45) is 3.85. The van der Waals surface area contributed by atoms with E-state index >= 15 is 0 Å². The van der Waals surface area contributed by atoms with E-state index in [-0.39, 0.29) is 17.8 Å². The summed E-state index contributed by atoms with van der Waals surface area (Å²) in [5, 5.41) is 2.78. The number of hydrogen-bond acceptors (Lipinski definition) is 5. The molecule has 3 rings (SSSR count). The predicted octanol–water partition coefficient (Wildman–Crippen LogP) is 4.98. The van der Waals surface area contributed by atoms with Crippen LogP contribution in [0.4, 0.5) is 15.0 Å². The van der Waals surface area contributed by atoms with E-state index in [1.165, 1.54) is 12.3 Å². The molecule has 0 unspecified atom stereocenters. The Hall–Kier alpha value is -3.42. The second-order valence-corrected chi connectivity index (χ2v) is 10.2. The van der Waals surface area contributed by atoms with Crippen molar-refractivity contribution in [2.24, 2.45) is 0 Å². The Morgan fingerprint density at radius 1 is 1.28 bits per heavy atom. The molecule has 1 atom stereocenters. The maximum absolute atomic E-state index is 13.7. The number of rotatable bonds is 7. The molecule has 1 aliphatic rings. The summed E-state index contributed by atoms with van der Waals surface area (Å²) in [5.41, 5.74) is 3.04. The molecule has 0 aliphatic carbocycles. The molecule has 1 saturated heterocycles. The molecular weight excluding hydrogens is 459 g/mol. The van der Waals surface area contributed by atoms with Gasteiger partial charge in [0.15, 0.2) is 0 Å². The first-order chi connectivity index (χ1) is 17.0. The van der Waals surface area contributed by atoms with Gasteiger partial charge in [-0.2, -0.15) is 0 Å². The van der Waals surface area contributed by atoms with E-state index in [0.29, 0.717) is 50.4 Å². The predicted molar refractivity (Wildman–Crippen MR) is 141 cm³/mol. The summed E-state index contributed by atoms with van der Waals surface area (Å²) in [7, 11) is 0. The third kappa shape index (κ3) is 7.06. The summed E-state index contributed by atoms with van der Waals surface area (Å²) < 4.78 is 18.6. The Morgan fingerprint density at radius 2 is 2.03 bits per heavy atom. The van der Waals surface area contributed by atoms with Crippen LogP contribution >= 0.6 is 0 Å². The van der Waals surface area contributed by atoms with E-state index in [9.17, 15) is 14.0 Å². The normalized spacial score (nSPS) is 16.0. The van der Waals surface area contributed by atoms with Crippen LogP contribution in [0.2, 0.25) is 0 Å². The number of nitrogens with zero attached hydrogens (tertiary/aromatic N) is 3. The van der Waals surface area contributed by atoms with Crippen molar-refractivity contribution < 1.29 is 18.7 Å². The average molecular weight is 497 g/mol. The van der Waals surface area contributed by atoms with Gasteiger partial charge in [0.1, 0.15) is 17.2 Å². The summed E-state index contributed by atoms with van der Waals surface area (Å²) in [6.45, 7) is 15.6.